The van der Waals surface area contributed by atoms with Crippen molar-refractivity contribution in [1.29, 1.82) is 0 Å². The van der Waals surface area contributed by atoms with Crippen LogP contribution in [0.15, 0.2) is 71.9 Å². The Bertz CT molecular complexity index is 1440. The third kappa shape index (κ3) is 7.77. The minimum Gasteiger partial charge on any atom is -0.491 e. The molecule has 0 bridgehead atoms. The predicted octanol–water partition coefficient (Wildman–Crippen LogP) is 6.71. The standard InChI is InChI=1S/C30H38N3O6P/c1-29(2,3)38-40(39-30(4,5)6)37-21-32-20-31-27-26(28(32)34)25(19-33(27)23-11-9-8-10-12-23)22-13-15-24(16-14-22)36-18-17-35-7/h8-16,19-20H,17-18,21H2,1-7H3. The van der Waals surface area contributed by atoms with Gasteiger partial charge in [-0.15, -0.1) is 0 Å². The first-order valence-corrected chi connectivity index (χ1v) is 14.2. The van der Waals surface area contributed by atoms with Crippen molar-refractivity contribution in [2.75, 3.05) is 20.3 Å². The summed E-state index contributed by atoms with van der Waals surface area (Å²) in [7, 11) is -0.0882. The van der Waals surface area contributed by atoms with E-state index in [1.165, 1.54) is 10.9 Å². The molecule has 0 spiro atoms. The highest BCUT2D eigenvalue weighted by Crippen LogP contribution is 2.47. The average Bonchev–Trinajstić information content (AvgIpc) is 3.28. The molecule has 0 radical (unpaired) electrons. The number of fused-ring (bicyclic) bond motifs is 1. The van der Waals surface area contributed by atoms with Crippen LogP contribution < -0.4 is 10.3 Å². The second-order valence-electron chi connectivity index (χ2n) is 11.2. The van der Waals surface area contributed by atoms with Gasteiger partial charge >= 0.3 is 8.60 Å². The molecular formula is C30H38N3O6P. The second kappa shape index (κ2) is 12.6. The van der Waals surface area contributed by atoms with Gasteiger partial charge in [0.25, 0.3) is 5.56 Å². The van der Waals surface area contributed by atoms with Crippen LogP contribution in [0.25, 0.3) is 27.8 Å². The Balaban J connectivity index is 1.72. The molecule has 2 aromatic heterocycles. The molecule has 0 aliphatic carbocycles. The van der Waals surface area contributed by atoms with Gasteiger partial charge in [-0.25, -0.2) is 4.98 Å². The summed E-state index contributed by atoms with van der Waals surface area (Å²) in [6, 6.07) is 17.5. The largest absolute Gasteiger partial charge is 0.491 e. The van der Waals surface area contributed by atoms with Crippen LogP contribution in [0.5, 0.6) is 5.75 Å². The van der Waals surface area contributed by atoms with E-state index in [0.29, 0.717) is 24.2 Å². The molecule has 0 unspecified atom stereocenters. The van der Waals surface area contributed by atoms with Crippen molar-refractivity contribution >= 4 is 19.6 Å². The van der Waals surface area contributed by atoms with Gasteiger partial charge in [0.05, 0.1) is 23.2 Å². The first kappa shape index (κ1) is 29.9. The number of para-hydroxylation sites is 1. The SMILES string of the molecule is COCCOc1ccc(-c2cn(-c3ccccc3)c3ncn(COP(OC(C)(C)C)OC(C)(C)C)c(=O)c23)cc1. The number of ether oxygens (including phenoxy) is 2. The Morgan fingerprint density at radius 2 is 1.52 bits per heavy atom. The van der Waals surface area contributed by atoms with Gasteiger partial charge in [0.2, 0.25) is 0 Å². The first-order chi connectivity index (χ1) is 18.9. The lowest BCUT2D eigenvalue weighted by atomic mass is 10.1. The highest BCUT2D eigenvalue weighted by Gasteiger charge is 2.28. The Kier molecular flexibility index (Phi) is 9.44. The molecule has 0 N–H and O–H groups in total. The average molecular weight is 568 g/mol. The summed E-state index contributed by atoms with van der Waals surface area (Å²) in [5.41, 5.74) is 1.89. The van der Waals surface area contributed by atoms with Crippen LogP contribution in [-0.2, 0) is 25.0 Å². The molecule has 40 heavy (non-hydrogen) atoms. The molecule has 214 valence electrons. The Labute approximate surface area is 236 Å². The Morgan fingerprint density at radius 1 is 0.875 bits per heavy atom. The van der Waals surface area contributed by atoms with Crippen LogP contribution in [0.3, 0.4) is 0 Å². The zero-order chi connectivity index (χ0) is 28.9. The maximum Gasteiger partial charge on any atom is 0.335 e. The number of rotatable bonds is 11. The summed E-state index contributed by atoms with van der Waals surface area (Å²) < 4.78 is 32.2. The van der Waals surface area contributed by atoms with Gasteiger partial charge < -0.3 is 23.1 Å². The van der Waals surface area contributed by atoms with Gasteiger partial charge in [-0.3, -0.25) is 13.9 Å². The molecule has 4 aromatic rings. The fourth-order valence-electron chi connectivity index (χ4n) is 3.85. The summed E-state index contributed by atoms with van der Waals surface area (Å²) in [6.07, 6.45) is 3.45. The van der Waals surface area contributed by atoms with Crippen molar-refractivity contribution in [3.63, 3.8) is 0 Å². The van der Waals surface area contributed by atoms with Gasteiger partial charge in [0.15, 0.2) is 5.65 Å². The lowest BCUT2D eigenvalue weighted by Crippen LogP contribution is -2.25. The van der Waals surface area contributed by atoms with Crippen LogP contribution in [0, 0.1) is 0 Å². The van der Waals surface area contributed by atoms with Gasteiger partial charge in [0.1, 0.15) is 25.4 Å². The smallest absolute Gasteiger partial charge is 0.335 e. The minimum atomic E-state index is -1.72. The molecule has 0 aliphatic rings. The summed E-state index contributed by atoms with van der Waals surface area (Å²) in [5, 5.41) is 0.487. The maximum absolute atomic E-state index is 13.9. The molecule has 0 fully saturated rings. The number of hydrogen-bond donors (Lipinski definition) is 0. The molecule has 0 amide bonds. The summed E-state index contributed by atoms with van der Waals surface area (Å²) in [6.45, 7) is 12.5. The molecule has 10 heteroatoms. The molecule has 0 saturated heterocycles. The minimum absolute atomic E-state index is 0.0676. The third-order valence-electron chi connectivity index (χ3n) is 5.53. The number of benzene rings is 2. The van der Waals surface area contributed by atoms with Crippen molar-refractivity contribution in [2.45, 2.75) is 59.5 Å². The second-order valence-corrected chi connectivity index (χ2v) is 12.3. The van der Waals surface area contributed by atoms with E-state index < -0.39 is 19.8 Å². The number of nitrogens with zero attached hydrogens (tertiary/aromatic N) is 3. The summed E-state index contributed by atoms with van der Waals surface area (Å²) >= 11 is 0. The molecule has 0 saturated carbocycles. The summed E-state index contributed by atoms with van der Waals surface area (Å²) in [5.74, 6) is 0.725. The van der Waals surface area contributed by atoms with Crippen LogP contribution in [0.1, 0.15) is 41.5 Å². The first-order valence-electron chi connectivity index (χ1n) is 13.1. The van der Waals surface area contributed by atoms with Gasteiger partial charge in [-0.1, -0.05) is 30.3 Å². The monoisotopic (exact) mass is 567 g/mol. The highest BCUT2D eigenvalue weighted by atomic mass is 31.2. The zero-order valence-corrected chi connectivity index (χ0v) is 25.1. The van der Waals surface area contributed by atoms with E-state index in [9.17, 15) is 4.79 Å². The van der Waals surface area contributed by atoms with Crippen LogP contribution >= 0.6 is 8.60 Å². The van der Waals surface area contributed by atoms with E-state index in [2.05, 4.69) is 0 Å². The topological polar surface area (TPSA) is 86.0 Å². The fourth-order valence-corrected chi connectivity index (χ4v) is 5.11. The van der Waals surface area contributed by atoms with E-state index in [1.54, 1.807) is 7.11 Å². The van der Waals surface area contributed by atoms with E-state index in [1.807, 2.05) is 107 Å². The molecule has 4 rings (SSSR count). The van der Waals surface area contributed by atoms with Crippen molar-refractivity contribution in [3.05, 3.63) is 77.5 Å². The molecular weight excluding hydrogens is 529 g/mol. The Morgan fingerprint density at radius 3 is 2.12 bits per heavy atom. The fraction of sp³-hybridized carbons (Fsp3) is 0.400. The Hall–Kier alpha value is -3.07. The van der Waals surface area contributed by atoms with Gasteiger partial charge in [0, 0.05) is 24.6 Å². The van der Waals surface area contributed by atoms with Crippen molar-refractivity contribution in [3.8, 4) is 22.6 Å². The van der Waals surface area contributed by atoms with Crippen LogP contribution in [0.4, 0.5) is 0 Å². The van der Waals surface area contributed by atoms with Crippen LogP contribution in [0.2, 0.25) is 0 Å². The van der Waals surface area contributed by atoms with E-state index in [0.717, 1.165) is 22.6 Å². The van der Waals surface area contributed by atoms with Crippen molar-refractivity contribution < 1.29 is 23.0 Å². The quantitative estimate of drug-likeness (QED) is 0.147. The van der Waals surface area contributed by atoms with Crippen molar-refractivity contribution in [2.24, 2.45) is 0 Å². The van der Waals surface area contributed by atoms with E-state index in [-0.39, 0.29) is 12.3 Å². The lowest BCUT2D eigenvalue weighted by molar-refractivity contribution is 0.0231. The number of methoxy groups -OCH3 is 1. The molecule has 2 heterocycles. The van der Waals surface area contributed by atoms with Gasteiger partial charge in [-0.05, 0) is 71.4 Å². The maximum atomic E-state index is 13.9. The lowest BCUT2D eigenvalue weighted by Gasteiger charge is -2.30. The zero-order valence-electron chi connectivity index (χ0n) is 24.2. The molecule has 0 aliphatic heterocycles. The molecule has 0 atom stereocenters. The molecule has 9 nitrogen and oxygen atoms in total. The number of aromatic nitrogens is 3. The van der Waals surface area contributed by atoms with Gasteiger partial charge in [-0.2, -0.15) is 0 Å². The van der Waals surface area contributed by atoms with Crippen LogP contribution in [-0.4, -0.2) is 45.6 Å². The molecule has 2 aromatic carbocycles. The summed E-state index contributed by atoms with van der Waals surface area (Å²) in [4.78, 5) is 18.6. The number of hydrogen-bond acceptors (Lipinski definition) is 7. The van der Waals surface area contributed by atoms with Crippen molar-refractivity contribution in [1.82, 2.24) is 14.1 Å². The normalized spacial score (nSPS) is 12.4. The predicted molar refractivity (Wildman–Crippen MR) is 158 cm³/mol. The highest BCUT2D eigenvalue weighted by molar-refractivity contribution is 7.41. The van der Waals surface area contributed by atoms with E-state index in [4.69, 9.17) is 28.0 Å². The third-order valence-corrected chi connectivity index (χ3v) is 7.25. The van der Waals surface area contributed by atoms with E-state index >= 15 is 0 Å².